The lowest BCUT2D eigenvalue weighted by molar-refractivity contribution is 0.414. The van der Waals surface area contributed by atoms with E-state index in [0.29, 0.717) is 11.8 Å². The Labute approximate surface area is 106 Å². The lowest BCUT2D eigenvalue weighted by Gasteiger charge is -2.06. The predicted molar refractivity (Wildman–Crippen MR) is 71.6 cm³/mol. The fourth-order valence-electron chi connectivity index (χ4n) is 1.60. The van der Waals surface area contributed by atoms with E-state index < -0.39 is 0 Å². The topological polar surface area (TPSA) is 73.1 Å². The molecule has 0 saturated carbocycles. The molecule has 1 aromatic carbocycles. The molecule has 0 atom stereocenters. The number of benzene rings is 1. The monoisotopic (exact) mass is 244 g/mol. The first-order valence-corrected chi connectivity index (χ1v) is 5.73. The first-order chi connectivity index (χ1) is 8.78. The number of ether oxygens (including phenoxy) is 1. The predicted octanol–water partition coefficient (Wildman–Crippen LogP) is 1.72. The Balaban J connectivity index is 1.88. The van der Waals surface area contributed by atoms with E-state index in [-0.39, 0.29) is 0 Å². The molecule has 2 rings (SSSR count). The van der Waals surface area contributed by atoms with Crippen LogP contribution in [0.25, 0.3) is 0 Å². The van der Waals surface area contributed by atoms with Crippen LogP contribution in [0, 0.1) is 0 Å². The van der Waals surface area contributed by atoms with Gasteiger partial charge in [-0.05, 0) is 30.2 Å². The summed E-state index contributed by atoms with van der Waals surface area (Å²) in [6.45, 7) is 0.747. The number of methoxy groups -OCH3 is 1. The van der Waals surface area contributed by atoms with Crippen LogP contribution in [0.2, 0.25) is 0 Å². The van der Waals surface area contributed by atoms with Gasteiger partial charge in [0, 0.05) is 12.7 Å². The molecule has 0 aliphatic rings. The molecule has 0 bridgehead atoms. The molecule has 0 spiro atoms. The molecule has 0 unspecified atom stereocenters. The summed E-state index contributed by atoms with van der Waals surface area (Å²) in [5.74, 6) is 1.89. The SMILES string of the molecule is COc1cccc(CCNc2nccc(N)n2)c1. The van der Waals surface area contributed by atoms with E-state index in [2.05, 4.69) is 21.4 Å². The van der Waals surface area contributed by atoms with Gasteiger partial charge < -0.3 is 15.8 Å². The smallest absolute Gasteiger partial charge is 0.224 e. The molecule has 18 heavy (non-hydrogen) atoms. The Morgan fingerprint density at radius 3 is 3.00 bits per heavy atom. The van der Waals surface area contributed by atoms with E-state index in [1.54, 1.807) is 19.4 Å². The molecule has 0 saturated heterocycles. The highest BCUT2D eigenvalue weighted by atomic mass is 16.5. The number of hydrogen-bond acceptors (Lipinski definition) is 5. The van der Waals surface area contributed by atoms with Crippen molar-refractivity contribution < 1.29 is 4.74 Å². The third-order valence-electron chi connectivity index (χ3n) is 2.51. The van der Waals surface area contributed by atoms with Gasteiger partial charge in [-0.15, -0.1) is 0 Å². The Morgan fingerprint density at radius 1 is 1.33 bits per heavy atom. The maximum atomic E-state index is 5.57. The maximum absolute atomic E-state index is 5.57. The second-order valence-electron chi connectivity index (χ2n) is 3.83. The van der Waals surface area contributed by atoms with Gasteiger partial charge in [0.15, 0.2) is 0 Å². The van der Waals surface area contributed by atoms with Gasteiger partial charge in [-0.3, -0.25) is 0 Å². The third-order valence-corrected chi connectivity index (χ3v) is 2.51. The lowest BCUT2D eigenvalue weighted by atomic mass is 10.1. The zero-order valence-electron chi connectivity index (χ0n) is 10.3. The van der Waals surface area contributed by atoms with E-state index in [9.17, 15) is 0 Å². The van der Waals surface area contributed by atoms with Crippen LogP contribution < -0.4 is 15.8 Å². The second kappa shape index (κ2) is 5.86. The number of hydrogen-bond donors (Lipinski definition) is 2. The van der Waals surface area contributed by atoms with E-state index >= 15 is 0 Å². The standard InChI is InChI=1S/C13H16N4O/c1-18-11-4-2-3-10(9-11)5-7-15-13-16-8-6-12(14)17-13/h2-4,6,8-9H,5,7H2,1H3,(H3,14,15,16,17). The summed E-state index contributed by atoms with van der Waals surface area (Å²) < 4.78 is 5.17. The highest BCUT2D eigenvalue weighted by Gasteiger charge is 1.98. The minimum absolute atomic E-state index is 0.467. The molecule has 0 aliphatic heterocycles. The number of nitrogens with two attached hydrogens (primary N) is 1. The zero-order valence-corrected chi connectivity index (χ0v) is 10.3. The van der Waals surface area contributed by atoms with E-state index in [1.165, 1.54) is 5.56 Å². The van der Waals surface area contributed by atoms with Crippen LogP contribution in [0.5, 0.6) is 5.75 Å². The largest absolute Gasteiger partial charge is 0.497 e. The van der Waals surface area contributed by atoms with Crippen LogP contribution in [-0.4, -0.2) is 23.6 Å². The third kappa shape index (κ3) is 3.35. The molecular weight excluding hydrogens is 228 g/mol. The Hall–Kier alpha value is -2.30. The molecule has 0 amide bonds. The van der Waals surface area contributed by atoms with Crippen molar-refractivity contribution in [2.24, 2.45) is 0 Å². The van der Waals surface area contributed by atoms with E-state index in [1.807, 2.05) is 18.2 Å². The summed E-state index contributed by atoms with van der Waals surface area (Å²) in [5, 5.41) is 3.13. The summed E-state index contributed by atoms with van der Waals surface area (Å²) in [6.07, 6.45) is 2.51. The summed E-state index contributed by atoms with van der Waals surface area (Å²) in [4.78, 5) is 8.15. The summed E-state index contributed by atoms with van der Waals surface area (Å²) in [7, 11) is 1.66. The summed E-state index contributed by atoms with van der Waals surface area (Å²) >= 11 is 0. The molecule has 3 N–H and O–H groups in total. The highest BCUT2D eigenvalue weighted by Crippen LogP contribution is 2.13. The van der Waals surface area contributed by atoms with Crippen molar-refractivity contribution >= 4 is 11.8 Å². The summed E-state index contributed by atoms with van der Waals surface area (Å²) in [6, 6.07) is 9.64. The van der Waals surface area contributed by atoms with Gasteiger partial charge in [0.2, 0.25) is 5.95 Å². The number of nitrogens with zero attached hydrogens (tertiary/aromatic N) is 2. The quantitative estimate of drug-likeness (QED) is 0.837. The van der Waals surface area contributed by atoms with Crippen LogP contribution in [0.3, 0.4) is 0 Å². The van der Waals surface area contributed by atoms with E-state index in [4.69, 9.17) is 10.5 Å². The van der Waals surface area contributed by atoms with Gasteiger partial charge >= 0.3 is 0 Å². The Kier molecular flexibility index (Phi) is 3.96. The van der Waals surface area contributed by atoms with Crippen molar-refractivity contribution in [1.29, 1.82) is 0 Å². The summed E-state index contributed by atoms with van der Waals surface area (Å²) in [5.41, 5.74) is 6.77. The Morgan fingerprint density at radius 2 is 2.22 bits per heavy atom. The number of nitrogen functional groups attached to an aromatic ring is 1. The van der Waals surface area contributed by atoms with Crippen molar-refractivity contribution in [1.82, 2.24) is 9.97 Å². The van der Waals surface area contributed by atoms with Gasteiger partial charge in [0.05, 0.1) is 7.11 Å². The normalized spacial score (nSPS) is 10.1. The number of anilines is 2. The number of rotatable bonds is 5. The lowest BCUT2D eigenvalue weighted by Crippen LogP contribution is -2.08. The fourth-order valence-corrected chi connectivity index (χ4v) is 1.60. The molecule has 1 aromatic heterocycles. The highest BCUT2D eigenvalue weighted by molar-refractivity contribution is 5.35. The second-order valence-corrected chi connectivity index (χ2v) is 3.83. The van der Waals surface area contributed by atoms with E-state index in [0.717, 1.165) is 18.7 Å². The molecule has 94 valence electrons. The molecule has 5 nitrogen and oxygen atoms in total. The fraction of sp³-hybridized carbons (Fsp3) is 0.231. The zero-order chi connectivity index (χ0) is 12.8. The van der Waals surface area contributed by atoms with Crippen molar-refractivity contribution in [3.63, 3.8) is 0 Å². The van der Waals surface area contributed by atoms with Crippen LogP contribution >= 0.6 is 0 Å². The van der Waals surface area contributed by atoms with Gasteiger partial charge in [-0.25, -0.2) is 4.98 Å². The molecule has 2 aromatic rings. The molecule has 5 heteroatoms. The average Bonchev–Trinajstić information content (AvgIpc) is 2.39. The van der Waals surface area contributed by atoms with Crippen LogP contribution in [-0.2, 0) is 6.42 Å². The van der Waals surface area contributed by atoms with Gasteiger partial charge in [0.1, 0.15) is 11.6 Å². The minimum Gasteiger partial charge on any atom is -0.497 e. The maximum Gasteiger partial charge on any atom is 0.224 e. The molecule has 0 fully saturated rings. The molecule has 1 heterocycles. The first kappa shape index (κ1) is 12.2. The van der Waals surface area contributed by atoms with Gasteiger partial charge in [-0.1, -0.05) is 12.1 Å². The van der Waals surface area contributed by atoms with Crippen LogP contribution in [0.4, 0.5) is 11.8 Å². The molecule has 0 aliphatic carbocycles. The molecule has 0 radical (unpaired) electrons. The van der Waals surface area contributed by atoms with Crippen molar-refractivity contribution in [3.05, 3.63) is 42.1 Å². The minimum atomic E-state index is 0.467. The Bertz CT molecular complexity index is 516. The number of aromatic nitrogens is 2. The van der Waals surface area contributed by atoms with Crippen LogP contribution in [0.1, 0.15) is 5.56 Å². The average molecular weight is 244 g/mol. The van der Waals surface area contributed by atoms with Crippen molar-refractivity contribution in [2.45, 2.75) is 6.42 Å². The van der Waals surface area contributed by atoms with Gasteiger partial charge in [-0.2, -0.15) is 4.98 Å². The first-order valence-electron chi connectivity index (χ1n) is 5.73. The van der Waals surface area contributed by atoms with Crippen molar-refractivity contribution in [3.8, 4) is 5.75 Å². The van der Waals surface area contributed by atoms with Crippen LogP contribution in [0.15, 0.2) is 36.5 Å². The van der Waals surface area contributed by atoms with Crippen molar-refractivity contribution in [2.75, 3.05) is 24.7 Å². The van der Waals surface area contributed by atoms with Gasteiger partial charge in [0.25, 0.3) is 0 Å². The molecular formula is C13H16N4O. The number of nitrogens with one attached hydrogen (secondary N) is 1.